The highest BCUT2D eigenvalue weighted by atomic mass is 16.5. The Bertz CT molecular complexity index is 371. The number of unbranched alkanes of at least 4 members (excludes halogenated alkanes) is 1. The van der Waals surface area contributed by atoms with E-state index in [0.717, 1.165) is 17.7 Å². The summed E-state index contributed by atoms with van der Waals surface area (Å²) in [5.41, 5.74) is 7.43. The largest absolute Gasteiger partial charge is 0.497 e. The van der Waals surface area contributed by atoms with Crippen LogP contribution >= 0.6 is 0 Å². The molecule has 1 rings (SSSR count). The van der Waals surface area contributed by atoms with Crippen LogP contribution in [0.1, 0.15) is 38.7 Å². The quantitative estimate of drug-likeness (QED) is 0.823. The third-order valence-electron chi connectivity index (χ3n) is 3.86. The second kappa shape index (κ2) is 6.92. The van der Waals surface area contributed by atoms with Crippen molar-refractivity contribution in [1.29, 1.82) is 0 Å². The maximum atomic E-state index is 6.63. The average molecular weight is 264 g/mol. The van der Waals surface area contributed by atoms with Crippen LogP contribution in [-0.2, 0) is 5.54 Å². The summed E-state index contributed by atoms with van der Waals surface area (Å²) in [6, 6.07) is 8.43. The number of rotatable bonds is 7. The third kappa shape index (κ3) is 3.95. The summed E-state index contributed by atoms with van der Waals surface area (Å²) >= 11 is 0. The fourth-order valence-electron chi connectivity index (χ4n) is 2.63. The van der Waals surface area contributed by atoms with Gasteiger partial charge < -0.3 is 15.4 Å². The number of nitrogens with two attached hydrogens (primary N) is 1. The molecule has 2 atom stereocenters. The zero-order valence-electron chi connectivity index (χ0n) is 12.9. The van der Waals surface area contributed by atoms with Crippen molar-refractivity contribution < 1.29 is 4.74 Å². The Hall–Kier alpha value is -1.06. The number of ether oxygens (including phenoxy) is 1. The van der Waals surface area contributed by atoms with Crippen LogP contribution < -0.4 is 10.5 Å². The van der Waals surface area contributed by atoms with Crippen LogP contribution in [0.25, 0.3) is 0 Å². The van der Waals surface area contributed by atoms with Gasteiger partial charge in [0.05, 0.1) is 12.6 Å². The molecule has 19 heavy (non-hydrogen) atoms. The fourth-order valence-corrected chi connectivity index (χ4v) is 2.63. The topological polar surface area (TPSA) is 38.5 Å². The minimum Gasteiger partial charge on any atom is -0.497 e. The van der Waals surface area contributed by atoms with Crippen LogP contribution in [0.2, 0.25) is 0 Å². The Morgan fingerprint density at radius 3 is 2.26 bits per heavy atom. The Balaban J connectivity index is 2.96. The van der Waals surface area contributed by atoms with Gasteiger partial charge in [0.15, 0.2) is 0 Å². The van der Waals surface area contributed by atoms with Crippen molar-refractivity contribution in [2.24, 2.45) is 5.73 Å². The normalized spacial score (nSPS) is 16.2. The molecule has 0 aliphatic rings. The molecule has 0 amide bonds. The van der Waals surface area contributed by atoms with Crippen molar-refractivity contribution >= 4 is 0 Å². The molecule has 3 nitrogen and oxygen atoms in total. The molecule has 0 radical (unpaired) electrons. The summed E-state index contributed by atoms with van der Waals surface area (Å²) in [4.78, 5) is 2.24. The van der Waals surface area contributed by atoms with Crippen molar-refractivity contribution in [2.45, 2.75) is 44.7 Å². The van der Waals surface area contributed by atoms with Gasteiger partial charge >= 0.3 is 0 Å². The van der Waals surface area contributed by atoms with E-state index in [-0.39, 0.29) is 5.54 Å². The van der Waals surface area contributed by atoms with Gasteiger partial charge in [-0.1, -0.05) is 31.9 Å². The summed E-state index contributed by atoms with van der Waals surface area (Å²) in [5.74, 6) is 0.870. The standard InChI is InChI=1S/C16H28N2O/c1-6-7-8-15(18(3)4)16(2,17)13-9-11-14(19-5)12-10-13/h9-12,15H,6-8,17H2,1-5H3. The second-order valence-electron chi connectivity index (χ2n) is 5.63. The second-order valence-corrected chi connectivity index (χ2v) is 5.63. The molecule has 0 aliphatic heterocycles. The van der Waals surface area contributed by atoms with Crippen LogP contribution in [0, 0.1) is 0 Å². The molecule has 0 aliphatic carbocycles. The van der Waals surface area contributed by atoms with E-state index in [2.05, 4.69) is 45.0 Å². The highest BCUT2D eigenvalue weighted by molar-refractivity contribution is 5.32. The molecule has 0 aromatic heterocycles. The van der Waals surface area contributed by atoms with E-state index < -0.39 is 0 Å². The van der Waals surface area contributed by atoms with Crippen molar-refractivity contribution in [1.82, 2.24) is 4.90 Å². The molecule has 3 heteroatoms. The Kier molecular flexibility index (Phi) is 5.83. The van der Waals surface area contributed by atoms with E-state index in [9.17, 15) is 0 Å². The number of hydrogen-bond donors (Lipinski definition) is 1. The molecule has 0 heterocycles. The first-order valence-electron chi connectivity index (χ1n) is 7.03. The molecule has 0 saturated carbocycles. The van der Waals surface area contributed by atoms with Crippen LogP contribution in [0.4, 0.5) is 0 Å². The van der Waals surface area contributed by atoms with Gasteiger partial charge in [-0.05, 0) is 45.1 Å². The SMILES string of the molecule is CCCCC(N(C)C)C(C)(N)c1ccc(OC)cc1. The maximum Gasteiger partial charge on any atom is 0.118 e. The molecule has 108 valence electrons. The molecule has 2 unspecified atom stereocenters. The first-order valence-corrected chi connectivity index (χ1v) is 7.03. The van der Waals surface area contributed by atoms with Crippen molar-refractivity contribution in [2.75, 3.05) is 21.2 Å². The first-order chi connectivity index (χ1) is 8.93. The molecule has 0 spiro atoms. The van der Waals surface area contributed by atoms with Gasteiger partial charge in [0.25, 0.3) is 0 Å². The minimum atomic E-state index is -0.356. The van der Waals surface area contributed by atoms with Crippen LogP contribution in [0.5, 0.6) is 5.75 Å². The van der Waals surface area contributed by atoms with E-state index in [1.54, 1.807) is 7.11 Å². The van der Waals surface area contributed by atoms with E-state index >= 15 is 0 Å². The predicted octanol–water partition coefficient (Wildman–Crippen LogP) is 2.99. The summed E-state index contributed by atoms with van der Waals surface area (Å²) in [6.07, 6.45) is 3.51. The molecular weight excluding hydrogens is 236 g/mol. The lowest BCUT2D eigenvalue weighted by molar-refractivity contribution is 0.175. The van der Waals surface area contributed by atoms with E-state index in [1.165, 1.54) is 12.8 Å². The predicted molar refractivity (Wildman–Crippen MR) is 81.5 cm³/mol. The van der Waals surface area contributed by atoms with Gasteiger partial charge in [-0.25, -0.2) is 0 Å². The molecule has 1 aromatic carbocycles. The average Bonchev–Trinajstić information content (AvgIpc) is 2.38. The summed E-state index contributed by atoms with van der Waals surface area (Å²) in [6.45, 7) is 4.34. The number of benzene rings is 1. The van der Waals surface area contributed by atoms with Crippen LogP contribution in [0.3, 0.4) is 0 Å². The van der Waals surface area contributed by atoms with E-state index in [0.29, 0.717) is 6.04 Å². The van der Waals surface area contributed by atoms with Gasteiger partial charge in [0, 0.05) is 6.04 Å². The fraction of sp³-hybridized carbons (Fsp3) is 0.625. The number of likely N-dealkylation sites (N-methyl/N-ethyl adjacent to an activating group) is 1. The molecule has 0 fully saturated rings. The highest BCUT2D eigenvalue weighted by Gasteiger charge is 2.32. The molecule has 2 N–H and O–H groups in total. The van der Waals surface area contributed by atoms with Gasteiger partial charge in [-0.15, -0.1) is 0 Å². The van der Waals surface area contributed by atoms with E-state index in [1.807, 2.05) is 12.1 Å². The Morgan fingerprint density at radius 1 is 1.26 bits per heavy atom. The van der Waals surface area contributed by atoms with Gasteiger partial charge in [-0.3, -0.25) is 0 Å². The van der Waals surface area contributed by atoms with E-state index in [4.69, 9.17) is 10.5 Å². The molecule has 0 saturated heterocycles. The zero-order chi connectivity index (χ0) is 14.5. The number of methoxy groups -OCH3 is 1. The van der Waals surface area contributed by atoms with Crippen LogP contribution in [0.15, 0.2) is 24.3 Å². The number of nitrogens with zero attached hydrogens (tertiary/aromatic N) is 1. The summed E-state index contributed by atoms with van der Waals surface area (Å²) < 4.78 is 5.20. The van der Waals surface area contributed by atoms with Crippen LogP contribution in [-0.4, -0.2) is 32.1 Å². The Labute approximate surface area is 117 Å². The van der Waals surface area contributed by atoms with Crippen molar-refractivity contribution in [3.63, 3.8) is 0 Å². The van der Waals surface area contributed by atoms with Gasteiger partial charge in [0.2, 0.25) is 0 Å². The summed E-state index contributed by atoms with van der Waals surface area (Å²) in [7, 11) is 5.89. The monoisotopic (exact) mass is 264 g/mol. The van der Waals surface area contributed by atoms with Crippen molar-refractivity contribution in [3.05, 3.63) is 29.8 Å². The summed E-state index contributed by atoms with van der Waals surface area (Å²) in [5, 5.41) is 0. The molecule has 1 aromatic rings. The molecule has 0 bridgehead atoms. The zero-order valence-corrected chi connectivity index (χ0v) is 12.9. The Morgan fingerprint density at radius 2 is 1.84 bits per heavy atom. The highest BCUT2D eigenvalue weighted by Crippen LogP contribution is 2.29. The maximum absolute atomic E-state index is 6.63. The molecular formula is C16H28N2O. The van der Waals surface area contributed by atoms with Gasteiger partial charge in [-0.2, -0.15) is 0 Å². The number of hydrogen-bond acceptors (Lipinski definition) is 3. The lowest BCUT2D eigenvalue weighted by Gasteiger charge is -2.39. The lowest BCUT2D eigenvalue weighted by atomic mass is 9.82. The van der Waals surface area contributed by atoms with Crippen molar-refractivity contribution in [3.8, 4) is 5.75 Å². The smallest absolute Gasteiger partial charge is 0.118 e. The third-order valence-corrected chi connectivity index (χ3v) is 3.86. The van der Waals surface area contributed by atoms with Gasteiger partial charge in [0.1, 0.15) is 5.75 Å². The minimum absolute atomic E-state index is 0.334. The first kappa shape index (κ1) is 16.0. The lowest BCUT2D eigenvalue weighted by Crippen LogP contribution is -2.52.